The number of anilines is 1. The van der Waals surface area contributed by atoms with Gasteiger partial charge in [-0.25, -0.2) is 10.8 Å². The van der Waals surface area contributed by atoms with Crippen molar-refractivity contribution in [3.63, 3.8) is 0 Å². The van der Waals surface area contributed by atoms with Crippen molar-refractivity contribution in [1.82, 2.24) is 10.3 Å². The van der Waals surface area contributed by atoms with E-state index in [-0.39, 0.29) is 11.9 Å². The molecule has 1 aromatic heterocycles. The topological polar surface area (TPSA) is 80.0 Å². The molecule has 0 saturated heterocycles. The van der Waals surface area contributed by atoms with Crippen molar-refractivity contribution in [2.45, 2.75) is 33.2 Å². The third-order valence-electron chi connectivity index (χ3n) is 3.96. The van der Waals surface area contributed by atoms with Crippen LogP contribution < -0.4 is 16.6 Å². The molecule has 0 radical (unpaired) electrons. The average molecular weight is 286 g/mol. The van der Waals surface area contributed by atoms with Gasteiger partial charge in [-0.3, -0.25) is 4.79 Å². The number of para-hydroxylation sites is 1. The molecule has 5 heteroatoms. The number of nitrogens with zero attached hydrogens (tertiary/aromatic N) is 1. The van der Waals surface area contributed by atoms with Gasteiger partial charge >= 0.3 is 0 Å². The van der Waals surface area contributed by atoms with E-state index in [4.69, 9.17) is 5.84 Å². The highest BCUT2D eigenvalue weighted by Crippen LogP contribution is 2.21. The van der Waals surface area contributed by atoms with E-state index in [9.17, 15) is 4.79 Å². The number of aromatic nitrogens is 1. The van der Waals surface area contributed by atoms with Crippen LogP contribution in [0.25, 0.3) is 10.9 Å². The van der Waals surface area contributed by atoms with Gasteiger partial charge in [0.1, 0.15) is 5.82 Å². The van der Waals surface area contributed by atoms with Gasteiger partial charge in [-0.15, -0.1) is 0 Å². The third kappa shape index (κ3) is 3.31. The van der Waals surface area contributed by atoms with Crippen molar-refractivity contribution in [2.24, 2.45) is 11.8 Å². The van der Waals surface area contributed by atoms with Crippen LogP contribution in [0.1, 0.15) is 37.6 Å². The van der Waals surface area contributed by atoms with Crippen molar-refractivity contribution in [3.05, 3.63) is 35.9 Å². The van der Waals surface area contributed by atoms with Crippen LogP contribution in [0.15, 0.2) is 30.3 Å². The van der Waals surface area contributed by atoms with Crippen molar-refractivity contribution in [3.8, 4) is 0 Å². The Morgan fingerprint density at radius 1 is 1.33 bits per heavy atom. The number of carbonyl (C=O) groups excluding carboxylic acids is 1. The van der Waals surface area contributed by atoms with Crippen LogP contribution in [0.5, 0.6) is 0 Å². The van der Waals surface area contributed by atoms with Crippen molar-refractivity contribution in [2.75, 3.05) is 5.43 Å². The van der Waals surface area contributed by atoms with Crippen LogP contribution in [-0.4, -0.2) is 16.9 Å². The molecule has 1 heterocycles. The SMILES string of the molecule is CCC(C)C(C)NC(=O)c1cc(NN)nc2ccccc12. The molecule has 2 rings (SSSR count). The van der Waals surface area contributed by atoms with E-state index in [1.165, 1.54) is 0 Å². The minimum absolute atomic E-state index is 0.0992. The molecule has 1 aromatic carbocycles. The molecule has 112 valence electrons. The maximum Gasteiger partial charge on any atom is 0.252 e. The molecule has 2 unspecified atom stereocenters. The van der Waals surface area contributed by atoms with E-state index >= 15 is 0 Å². The lowest BCUT2D eigenvalue weighted by Gasteiger charge is -2.20. The number of nitrogens with one attached hydrogen (secondary N) is 2. The number of carbonyl (C=O) groups is 1. The summed E-state index contributed by atoms with van der Waals surface area (Å²) in [5.41, 5.74) is 3.84. The third-order valence-corrected chi connectivity index (χ3v) is 3.96. The molecule has 0 aliphatic heterocycles. The quantitative estimate of drug-likeness (QED) is 0.583. The van der Waals surface area contributed by atoms with Gasteiger partial charge < -0.3 is 10.7 Å². The lowest BCUT2D eigenvalue weighted by atomic mass is 10.00. The number of hydrogen-bond acceptors (Lipinski definition) is 4. The normalized spacial score (nSPS) is 13.7. The fraction of sp³-hybridized carbons (Fsp3) is 0.375. The highest BCUT2D eigenvalue weighted by Gasteiger charge is 2.17. The Balaban J connectivity index is 2.38. The van der Waals surface area contributed by atoms with E-state index < -0.39 is 0 Å². The maximum atomic E-state index is 12.6. The average Bonchev–Trinajstić information content (AvgIpc) is 2.52. The zero-order chi connectivity index (χ0) is 15.4. The summed E-state index contributed by atoms with van der Waals surface area (Å²) >= 11 is 0. The Bertz CT molecular complexity index is 641. The molecule has 0 aliphatic carbocycles. The minimum atomic E-state index is -0.0992. The highest BCUT2D eigenvalue weighted by molar-refractivity contribution is 6.07. The van der Waals surface area contributed by atoms with Gasteiger partial charge in [0, 0.05) is 11.4 Å². The molecular weight excluding hydrogens is 264 g/mol. The van der Waals surface area contributed by atoms with Crippen molar-refractivity contribution in [1.29, 1.82) is 0 Å². The Morgan fingerprint density at radius 2 is 2.05 bits per heavy atom. The summed E-state index contributed by atoms with van der Waals surface area (Å²) in [6.45, 7) is 6.27. The van der Waals surface area contributed by atoms with Gasteiger partial charge in [-0.05, 0) is 25.0 Å². The first-order valence-corrected chi connectivity index (χ1v) is 7.24. The van der Waals surface area contributed by atoms with Gasteiger partial charge in [0.15, 0.2) is 0 Å². The lowest BCUT2D eigenvalue weighted by Crippen LogP contribution is -2.37. The van der Waals surface area contributed by atoms with Gasteiger partial charge in [-0.1, -0.05) is 38.5 Å². The molecule has 0 spiro atoms. The van der Waals surface area contributed by atoms with E-state index in [1.54, 1.807) is 6.07 Å². The molecule has 21 heavy (non-hydrogen) atoms. The number of amides is 1. The van der Waals surface area contributed by atoms with Crippen LogP contribution in [0, 0.1) is 5.92 Å². The summed E-state index contributed by atoms with van der Waals surface area (Å²) in [4.78, 5) is 16.9. The first-order valence-electron chi connectivity index (χ1n) is 7.24. The fourth-order valence-corrected chi connectivity index (χ4v) is 2.22. The van der Waals surface area contributed by atoms with Crippen LogP contribution in [0.2, 0.25) is 0 Å². The van der Waals surface area contributed by atoms with Gasteiger partial charge in [0.2, 0.25) is 0 Å². The second kappa shape index (κ2) is 6.54. The van der Waals surface area contributed by atoms with Crippen molar-refractivity contribution < 1.29 is 4.79 Å². The second-order valence-corrected chi connectivity index (χ2v) is 5.36. The standard InChI is InChI=1S/C16H22N4O/c1-4-10(2)11(3)18-16(21)13-9-15(20-17)19-14-8-6-5-7-12(13)14/h5-11H,4,17H2,1-3H3,(H,18,21)(H,19,20). The first kappa shape index (κ1) is 15.3. The molecule has 0 saturated carbocycles. The van der Waals surface area contributed by atoms with Gasteiger partial charge in [0.05, 0.1) is 11.1 Å². The summed E-state index contributed by atoms with van der Waals surface area (Å²) < 4.78 is 0. The number of rotatable bonds is 5. The molecular formula is C16H22N4O. The maximum absolute atomic E-state index is 12.6. The summed E-state index contributed by atoms with van der Waals surface area (Å²) in [6.07, 6.45) is 1.02. The molecule has 2 aromatic rings. The second-order valence-electron chi connectivity index (χ2n) is 5.36. The Hall–Kier alpha value is -2.14. The van der Waals surface area contributed by atoms with Crippen molar-refractivity contribution >= 4 is 22.6 Å². The smallest absolute Gasteiger partial charge is 0.252 e. The van der Waals surface area contributed by atoms with Crippen LogP contribution in [0.3, 0.4) is 0 Å². The summed E-state index contributed by atoms with van der Waals surface area (Å²) in [6, 6.07) is 9.34. The number of fused-ring (bicyclic) bond motifs is 1. The number of hydrazine groups is 1. The monoisotopic (exact) mass is 286 g/mol. The lowest BCUT2D eigenvalue weighted by molar-refractivity contribution is 0.0930. The summed E-state index contributed by atoms with van der Waals surface area (Å²) in [7, 11) is 0. The summed E-state index contributed by atoms with van der Waals surface area (Å²) in [5.74, 6) is 6.24. The van der Waals surface area contributed by atoms with Crippen LogP contribution in [-0.2, 0) is 0 Å². The van der Waals surface area contributed by atoms with E-state index in [0.29, 0.717) is 17.3 Å². The van der Waals surface area contributed by atoms with Gasteiger partial charge in [-0.2, -0.15) is 0 Å². The van der Waals surface area contributed by atoms with E-state index in [0.717, 1.165) is 17.3 Å². The number of benzene rings is 1. The Labute approximate surface area is 124 Å². The molecule has 2 atom stereocenters. The number of nitrogen functional groups attached to an aromatic ring is 1. The zero-order valence-electron chi connectivity index (χ0n) is 12.7. The molecule has 4 N–H and O–H groups in total. The number of hydrogen-bond donors (Lipinski definition) is 3. The highest BCUT2D eigenvalue weighted by atomic mass is 16.1. The van der Waals surface area contributed by atoms with Gasteiger partial charge in [0.25, 0.3) is 5.91 Å². The first-order chi connectivity index (χ1) is 10.1. The van der Waals surface area contributed by atoms with E-state index in [1.807, 2.05) is 31.2 Å². The Kier molecular flexibility index (Phi) is 4.75. The predicted molar refractivity (Wildman–Crippen MR) is 85.9 cm³/mol. The molecule has 0 aliphatic rings. The molecule has 0 bridgehead atoms. The number of nitrogens with two attached hydrogens (primary N) is 1. The van der Waals surface area contributed by atoms with Crippen LogP contribution >= 0.6 is 0 Å². The zero-order valence-corrected chi connectivity index (χ0v) is 12.7. The number of pyridine rings is 1. The minimum Gasteiger partial charge on any atom is -0.349 e. The van der Waals surface area contributed by atoms with E-state index in [2.05, 4.69) is 29.6 Å². The van der Waals surface area contributed by atoms with Crippen LogP contribution in [0.4, 0.5) is 5.82 Å². The Morgan fingerprint density at radius 3 is 2.71 bits per heavy atom. The largest absolute Gasteiger partial charge is 0.349 e. The fourth-order valence-electron chi connectivity index (χ4n) is 2.22. The summed E-state index contributed by atoms with van der Waals surface area (Å²) in [5, 5.41) is 3.88. The molecule has 1 amide bonds. The molecule has 5 nitrogen and oxygen atoms in total. The molecule has 0 fully saturated rings. The predicted octanol–water partition coefficient (Wildman–Crippen LogP) is 2.68.